The Morgan fingerprint density at radius 3 is 2.55 bits per heavy atom. The molecule has 0 saturated carbocycles. The molecule has 0 spiro atoms. The third kappa shape index (κ3) is 2.16. The van der Waals surface area contributed by atoms with E-state index in [1.807, 2.05) is 0 Å². The molecule has 1 aromatic rings. The Bertz CT molecular complexity index is 641. The van der Waals surface area contributed by atoms with Crippen LogP contribution in [0.3, 0.4) is 0 Å². The van der Waals surface area contributed by atoms with Gasteiger partial charge >= 0.3 is 5.97 Å². The Labute approximate surface area is 114 Å². The molecule has 1 aliphatic rings. The number of ketones is 2. The van der Waals surface area contributed by atoms with Crippen LogP contribution in [-0.4, -0.2) is 34.4 Å². The zero-order valence-electron chi connectivity index (χ0n) is 10.7. The van der Waals surface area contributed by atoms with Gasteiger partial charge in [0.1, 0.15) is 11.5 Å². The monoisotopic (exact) mass is 276 g/mol. The van der Waals surface area contributed by atoms with Gasteiger partial charge in [0, 0.05) is 5.56 Å². The van der Waals surface area contributed by atoms with Crippen molar-refractivity contribution in [3.8, 4) is 5.75 Å². The number of hydrogen-bond acceptors (Lipinski definition) is 6. The summed E-state index contributed by atoms with van der Waals surface area (Å²) in [6.45, 7) is 1.72. The minimum atomic E-state index is -0.964. The van der Waals surface area contributed by atoms with Gasteiger partial charge in [0.15, 0.2) is 0 Å². The Kier molecular flexibility index (Phi) is 3.56. The van der Waals surface area contributed by atoms with Crippen molar-refractivity contribution in [3.05, 3.63) is 34.9 Å². The summed E-state index contributed by atoms with van der Waals surface area (Å²) < 4.78 is 4.68. The fourth-order valence-corrected chi connectivity index (χ4v) is 2.02. The zero-order chi connectivity index (χ0) is 14.9. The van der Waals surface area contributed by atoms with Crippen LogP contribution in [0.25, 0.3) is 5.76 Å². The fraction of sp³-hybridized carbons (Fsp3) is 0.214. The lowest BCUT2D eigenvalue weighted by molar-refractivity contribution is -0.142. The summed E-state index contributed by atoms with van der Waals surface area (Å²) in [4.78, 5) is 35.2. The van der Waals surface area contributed by atoms with Gasteiger partial charge in [-0.05, 0) is 19.1 Å². The molecule has 0 saturated heterocycles. The highest BCUT2D eigenvalue weighted by Gasteiger charge is 2.35. The summed E-state index contributed by atoms with van der Waals surface area (Å²) in [7, 11) is 0. The van der Waals surface area contributed by atoms with E-state index in [0.717, 1.165) is 0 Å². The van der Waals surface area contributed by atoms with Gasteiger partial charge in [0.05, 0.1) is 24.2 Å². The number of carbonyl (C=O) groups excluding carboxylic acids is 3. The number of esters is 1. The van der Waals surface area contributed by atoms with Crippen LogP contribution in [0.15, 0.2) is 23.8 Å². The van der Waals surface area contributed by atoms with Gasteiger partial charge in [-0.2, -0.15) is 0 Å². The van der Waals surface area contributed by atoms with Crippen molar-refractivity contribution in [2.75, 3.05) is 6.61 Å². The number of carbonyl (C=O) groups is 3. The van der Waals surface area contributed by atoms with Gasteiger partial charge in [0.2, 0.25) is 11.6 Å². The maximum Gasteiger partial charge on any atom is 0.310 e. The summed E-state index contributed by atoms with van der Waals surface area (Å²) in [6, 6.07) is 4.00. The smallest absolute Gasteiger partial charge is 0.310 e. The van der Waals surface area contributed by atoms with E-state index in [4.69, 9.17) is 0 Å². The van der Waals surface area contributed by atoms with E-state index in [2.05, 4.69) is 4.74 Å². The van der Waals surface area contributed by atoms with Crippen molar-refractivity contribution >= 4 is 23.3 Å². The minimum absolute atomic E-state index is 0.0832. The van der Waals surface area contributed by atoms with E-state index >= 15 is 0 Å². The lowest BCUT2D eigenvalue weighted by Crippen LogP contribution is -2.26. The lowest BCUT2D eigenvalue weighted by Gasteiger charge is -2.18. The zero-order valence-corrected chi connectivity index (χ0v) is 10.7. The van der Waals surface area contributed by atoms with Crippen LogP contribution in [0.2, 0.25) is 0 Å². The van der Waals surface area contributed by atoms with Crippen molar-refractivity contribution in [1.29, 1.82) is 0 Å². The summed E-state index contributed by atoms with van der Waals surface area (Å²) in [5.74, 6) is -3.45. The molecule has 0 heterocycles. The fourth-order valence-electron chi connectivity index (χ4n) is 2.02. The third-order valence-corrected chi connectivity index (χ3v) is 2.92. The maximum atomic E-state index is 11.9. The molecule has 1 aliphatic carbocycles. The molecule has 2 N–H and O–H groups in total. The number of Topliss-reactive ketones (excluding diaryl/α,β-unsaturated/α-hetero) is 2. The van der Waals surface area contributed by atoms with Gasteiger partial charge in [-0.1, -0.05) is 6.07 Å². The molecular weight excluding hydrogens is 264 g/mol. The van der Waals surface area contributed by atoms with E-state index in [0.29, 0.717) is 0 Å². The van der Waals surface area contributed by atoms with Crippen molar-refractivity contribution in [2.45, 2.75) is 13.3 Å². The van der Waals surface area contributed by atoms with Crippen LogP contribution in [0.5, 0.6) is 5.75 Å². The second-order valence-corrected chi connectivity index (χ2v) is 4.17. The largest absolute Gasteiger partial charge is 0.507 e. The standard InChI is InChI=1S/C14H12O6/c1-2-20-10(16)6-8-12(17)11-7(13(18)14(8)19)4-3-5-9(11)15/h3-5,15,17H,2,6H2,1H3. The van der Waals surface area contributed by atoms with E-state index in [1.54, 1.807) is 6.92 Å². The molecule has 6 heteroatoms. The Morgan fingerprint density at radius 2 is 1.90 bits per heavy atom. The van der Waals surface area contributed by atoms with Crippen LogP contribution in [0, 0.1) is 0 Å². The summed E-state index contributed by atoms with van der Waals surface area (Å²) in [5, 5.41) is 19.8. The average molecular weight is 276 g/mol. The molecule has 104 valence electrons. The van der Waals surface area contributed by atoms with Crippen molar-refractivity contribution < 1.29 is 29.3 Å². The molecule has 0 unspecified atom stereocenters. The first-order valence-corrected chi connectivity index (χ1v) is 5.96. The molecule has 0 fully saturated rings. The number of phenols is 1. The van der Waals surface area contributed by atoms with Crippen molar-refractivity contribution in [1.82, 2.24) is 0 Å². The number of benzene rings is 1. The number of ether oxygens (including phenoxy) is 1. The van der Waals surface area contributed by atoms with Crippen molar-refractivity contribution in [2.24, 2.45) is 0 Å². The van der Waals surface area contributed by atoms with Crippen molar-refractivity contribution in [3.63, 3.8) is 0 Å². The number of aliphatic hydroxyl groups excluding tert-OH is 1. The molecule has 1 aromatic carbocycles. The highest BCUT2D eigenvalue weighted by molar-refractivity contribution is 6.52. The van der Waals surface area contributed by atoms with Gasteiger partial charge in [-0.25, -0.2) is 0 Å². The molecule has 0 radical (unpaired) electrons. The average Bonchev–Trinajstić information content (AvgIpc) is 2.41. The van der Waals surface area contributed by atoms with Crippen LogP contribution >= 0.6 is 0 Å². The quantitative estimate of drug-likeness (QED) is 0.639. The molecule has 0 atom stereocenters. The normalized spacial score (nSPS) is 14.2. The van der Waals surface area contributed by atoms with E-state index in [9.17, 15) is 24.6 Å². The number of hydrogen-bond donors (Lipinski definition) is 2. The van der Waals surface area contributed by atoms with Gasteiger partial charge in [0.25, 0.3) is 0 Å². The maximum absolute atomic E-state index is 11.9. The highest BCUT2D eigenvalue weighted by atomic mass is 16.5. The van der Waals surface area contributed by atoms with Crippen LogP contribution in [0.4, 0.5) is 0 Å². The molecule has 2 rings (SSSR count). The molecule has 20 heavy (non-hydrogen) atoms. The first kappa shape index (κ1) is 13.8. The topological polar surface area (TPSA) is 101 Å². The Hall–Kier alpha value is -2.63. The molecule has 0 aliphatic heterocycles. The third-order valence-electron chi connectivity index (χ3n) is 2.92. The number of aliphatic hydroxyl groups is 1. The minimum Gasteiger partial charge on any atom is -0.507 e. The second-order valence-electron chi connectivity index (χ2n) is 4.17. The summed E-state index contributed by atoms with van der Waals surface area (Å²) in [5.41, 5.74) is -0.570. The molecule has 6 nitrogen and oxygen atoms in total. The molecule has 0 aromatic heterocycles. The number of fused-ring (bicyclic) bond motifs is 1. The number of aromatic hydroxyl groups is 1. The number of phenolic OH excluding ortho intramolecular Hbond substituents is 1. The van der Waals surface area contributed by atoms with Gasteiger partial charge < -0.3 is 14.9 Å². The number of rotatable bonds is 3. The lowest BCUT2D eigenvalue weighted by atomic mass is 9.86. The molecular formula is C14H12O6. The SMILES string of the molecule is CCOC(=O)CC1=C(O)c2c(O)cccc2C(=O)C1=O. The first-order chi connectivity index (χ1) is 9.47. The molecule has 0 bridgehead atoms. The van der Waals surface area contributed by atoms with E-state index in [1.165, 1.54) is 18.2 Å². The van der Waals surface area contributed by atoms with E-state index < -0.39 is 29.7 Å². The Balaban J connectivity index is 2.53. The highest BCUT2D eigenvalue weighted by Crippen LogP contribution is 2.35. The summed E-state index contributed by atoms with van der Waals surface area (Å²) in [6.07, 6.45) is -0.516. The van der Waals surface area contributed by atoms with Gasteiger partial charge in [-0.15, -0.1) is 0 Å². The van der Waals surface area contributed by atoms with Gasteiger partial charge in [-0.3, -0.25) is 14.4 Å². The van der Waals surface area contributed by atoms with Crippen LogP contribution in [0.1, 0.15) is 29.3 Å². The first-order valence-electron chi connectivity index (χ1n) is 5.96. The second kappa shape index (κ2) is 5.16. The Morgan fingerprint density at radius 1 is 1.20 bits per heavy atom. The van der Waals surface area contributed by atoms with E-state index in [-0.39, 0.29) is 29.1 Å². The summed E-state index contributed by atoms with van der Waals surface area (Å²) >= 11 is 0. The van der Waals surface area contributed by atoms with Crippen LogP contribution < -0.4 is 0 Å². The molecule has 0 amide bonds. The van der Waals surface area contributed by atoms with Crippen LogP contribution in [-0.2, 0) is 14.3 Å². The predicted molar refractivity (Wildman–Crippen MR) is 68.2 cm³/mol. The predicted octanol–water partition coefficient (Wildman–Crippen LogP) is 1.38.